The number of rotatable bonds is 5. The Bertz CT molecular complexity index is 1150. The van der Waals surface area contributed by atoms with Crippen molar-refractivity contribution in [3.8, 4) is 11.8 Å². The summed E-state index contributed by atoms with van der Waals surface area (Å²) in [6.07, 6.45) is 0. The first-order valence-electron chi connectivity index (χ1n) is 8.44. The third-order valence-electron chi connectivity index (χ3n) is 4.19. The largest absolute Gasteiger partial charge is 0.337 e. The highest BCUT2D eigenvalue weighted by Gasteiger charge is 2.28. The molecule has 2 aromatic carbocycles. The minimum Gasteiger partial charge on any atom is -0.337 e. The number of allylic oxidation sites excluding steroid dienone is 1. The first-order chi connectivity index (χ1) is 14.1. The van der Waals surface area contributed by atoms with Crippen LogP contribution in [0.5, 0.6) is 0 Å². The fourth-order valence-corrected chi connectivity index (χ4v) is 4.82. The van der Waals surface area contributed by atoms with E-state index >= 15 is 0 Å². The van der Waals surface area contributed by atoms with Gasteiger partial charge in [-0.3, -0.25) is 4.79 Å². The van der Waals surface area contributed by atoms with Crippen molar-refractivity contribution < 1.29 is 4.79 Å². The van der Waals surface area contributed by atoms with Crippen molar-refractivity contribution in [2.75, 3.05) is 17.7 Å². The second-order valence-electron chi connectivity index (χ2n) is 5.98. The minimum absolute atomic E-state index is 0.0467. The predicted molar refractivity (Wildman–Crippen MR) is 113 cm³/mol. The summed E-state index contributed by atoms with van der Waals surface area (Å²) in [5, 5.41) is 23.0. The van der Waals surface area contributed by atoms with E-state index in [-0.39, 0.29) is 17.1 Å². The molecule has 0 unspecified atom stereocenters. The van der Waals surface area contributed by atoms with Crippen LogP contribution in [0.1, 0.15) is 0 Å². The Morgan fingerprint density at radius 3 is 2.72 bits per heavy atom. The van der Waals surface area contributed by atoms with Gasteiger partial charge in [-0.15, -0.1) is 5.10 Å². The van der Waals surface area contributed by atoms with Gasteiger partial charge in [-0.1, -0.05) is 47.3 Å². The molecule has 0 bridgehead atoms. The number of hydrogen-bond acceptors (Lipinski definition) is 8. The zero-order valence-corrected chi connectivity index (χ0v) is 17.5. The van der Waals surface area contributed by atoms with E-state index in [1.165, 1.54) is 28.2 Å². The van der Waals surface area contributed by atoms with Crippen LogP contribution in [0.4, 0.5) is 5.69 Å². The molecule has 1 aliphatic heterocycles. The smallest absolute Gasteiger partial charge is 0.214 e. The normalized spacial score (nSPS) is 14.4. The van der Waals surface area contributed by atoms with Crippen molar-refractivity contribution in [2.24, 2.45) is 0 Å². The summed E-state index contributed by atoms with van der Waals surface area (Å²) in [5.74, 6) is -0.226. The molecule has 7 nitrogen and oxygen atoms in total. The Morgan fingerprint density at radius 2 is 2.00 bits per heavy atom. The molecule has 29 heavy (non-hydrogen) atoms. The second kappa shape index (κ2) is 8.29. The van der Waals surface area contributed by atoms with Crippen LogP contribution in [0.3, 0.4) is 0 Å². The summed E-state index contributed by atoms with van der Waals surface area (Å²) in [4.78, 5) is 15.7. The van der Waals surface area contributed by atoms with E-state index in [1.54, 1.807) is 24.3 Å². The van der Waals surface area contributed by atoms with E-state index in [9.17, 15) is 10.1 Å². The topological polar surface area (TPSA) is 87.7 Å². The molecule has 0 amide bonds. The summed E-state index contributed by atoms with van der Waals surface area (Å²) in [6, 6.07) is 16.9. The van der Waals surface area contributed by atoms with Crippen LogP contribution in [0.2, 0.25) is 5.02 Å². The second-order valence-corrected chi connectivity index (χ2v) is 8.39. The van der Waals surface area contributed by atoms with E-state index in [0.717, 1.165) is 16.3 Å². The number of para-hydroxylation sites is 1. The molecule has 3 aromatic rings. The molecule has 0 aliphatic carbocycles. The van der Waals surface area contributed by atoms with Gasteiger partial charge < -0.3 is 4.90 Å². The van der Waals surface area contributed by atoms with Gasteiger partial charge in [0.25, 0.3) is 0 Å². The monoisotopic (exact) mass is 440 g/mol. The number of nitriles is 1. The maximum atomic E-state index is 12.8. The third-order valence-corrected chi connectivity index (χ3v) is 6.59. The molecule has 0 saturated carbocycles. The first kappa shape index (κ1) is 19.5. The zero-order chi connectivity index (χ0) is 20.4. The highest BCUT2D eigenvalue weighted by Crippen LogP contribution is 2.46. The summed E-state index contributed by atoms with van der Waals surface area (Å²) in [6.45, 7) is 0. The van der Waals surface area contributed by atoms with Gasteiger partial charge in [0.05, 0.1) is 17.1 Å². The lowest BCUT2D eigenvalue weighted by atomic mass is 10.2. The van der Waals surface area contributed by atoms with E-state index in [4.69, 9.17) is 11.6 Å². The number of anilines is 1. The molecule has 1 aromatic heterocycles. The summed E-state index contributed by atoms with van der Waals surface area (Å²) >= 11 is 8.53. The fourth-order valence-electron chi connectivity index (χ4n) is 2.77. The van der Waals surface area contributed by atoms with Crippen LogP contribution in [0.25, 0.3) is 5.69 Å². The Morgan fingerprint density at radius 1 is 1.24 bits per heavy atom. The van der Waals surface area contributed by atoms with Crippen LogP contribution >= 0.6 is 35.1 Å². The molecule has 0 N–H and O–H groups in total. The third kappa shape index (κ3) is 3.87. The van der Waals surface area contributed by atoms with Crippen LogP contribution in [-0.4, -0.2) is 38.8 Å². The molecule has 0 spiro atoms. The Balaban J connectivity index is 1.53. The van der Waals surface area contributed by atoms with Crippen LogP contribution in [0.15, 0.2) is 69.2 Å². The number of hydrogen-bond donors (Lipinski definition) is 0. The molecule has 0 fully saturated rings. The Kier molecular flexibility index (Phi) is 5.58. The number of aromatic nitrogens is 4. The number of thioether (sulfide) groups is 2. The van der Waals surface area contributed by atoms with Crippen molar-refractivity contribution in [1.29, 1.82) is 5.26 Å². The van der Waals surface area contributed by atoms with Gasteiger partial charge in [0.15, 0.2) is 5.78 Å². The van der Waals surface area contributed by atoms with Gasteiger partial charge >= 0.3 is 0 Å². The average Bonchev–Trinajstić information content (AvgIpc) is 3.33. The van der Waals surface area contributed by atoms with Crippen LogP contribution < -0.4 is 4.90 Å². The van der Waals surface area contributed by atoms with Crippen molar-refractivity contribution in [3.63, 3.8) is 0 Å². The number of benzene rings is 2. The number of fused-ring (bicyclic) bond motifs is 1. The molecule has 2 heterocycles. The number of nitrogens with zero attached hydrogens (tertiary/aromatic N) is 6. The number of carbonyl (C=O) groups excluding carboxylic acids is 1. The molecule has 144 valence electrons. The first-order valence-corrected chi connectivity index (χ1v) is 10.6. The molecule has 4 rings (SSSR count). The van der Waals surface area contributed by atoms with Gasteiger partial charge in [0, 0.05) is 17.0 Å². The molecular formula is C19H13ClN6OS2. The highest BCUT2D eigenvalue weighted by atomic mass is 35.5. The predicted octanol–water partition coefficient (Wildman–Crippen LogP) is 3.95. The molecule has 0 radical (unpaired) electrons. The van der Waals surface area contributed by atoms with E-state index < -0.39 is 0 Å². The molecule has 10 heteroatoms. The average molecular weight is 441 g/mol. The fraction of sp³-hybridized carbons (Fsp3) is 0.105. The molecule has 0 atom stereocenters. The number of halogens is 1. The maximum Gasteiger partial charge on any atom is 0.214 e. The summed E-state index contributed by atoms with van der Waals surface area (Å²) < 4.78 is 1.53. The van der Waals surface area contributed by atoms with Crippen LogP contribution in [0, 0.1) is 11.3 Å². The van der Waals surface area contributed by atoms with Gasteiger partial charge in [-0.05, 0) is 46.8 Å². The molecule has 0 saturated heterocycles. The minimum atomic E-state index is -0.273. The Labute approximate surface area is 180 Å². The zero-order valence-electron chi connectivity index (χ0n) is 15.1. The number of ketones is 1. The lowest BCUT2D eigenvalue weighted by molar-refractivity contribution is -0.112. The van der Waals surface area contributed by atoms with E-state index in [1.807, 2.05) is 36.2 Å². The number of Topliss-reactive ketones (excluding diaryl/α,β-unsaturated/α-hetero) is 1. The molecular weight excluding hydrogens is 428 g/mol. The lowest BCUT2D eigenvalue weighted by Crippen LogP contribution is -2.16. The van der Waals surface area contributed by atoms with Crippen molar-refractivity contribution in [2.45, 2.75) is 10.1 Å². The summed E-state index contributed by atoms with van der Waals surface area (Å²) in [7, 11) is 1.85. The maximum absolute atomic E-state index is 12.8. The van der Waals surface area contributed by atoms with E-state index in [2.05, 4.69) is 21.6 Å². The number of carbonyl (C=O) groups is 1. The summed E-state index contributed by atoms with van der Waals surface area (Å²) in [5.41, 5.74) is 1.84. The van der Waals surface area contributed by atoms with Gasteiger partial charge in [0.1, 0.15) is 16.7 Å². The van der Waals surface area contributed by atoms with E-state index in [0.29, 0.717) is 15.2 Å². The van der Waals surface area contributed by atoms with Crippen molar-refractivity contribution in [3.05, 3.63) is 64.2 Å². The van der Waals surface area contributed by atoms with Gasteiger partial charge in [0.2, 0.25) is 5.16 Å². The quantitative estimate of drug-likeness (QED) is 0.334. The Hall–Kier alpha value is -2.80. The molecule has 1 aliphatic rings. The van der Waals surface area contributed by atoms with Crippen molar-refractivity contribution in [1.82, 2.24) is 20.2 Å². The van der Waals surface area contributed by atoms with Gasteiger partial charge in [-0.2, -0.15) is 9.94 Å². The van der Waals surface area contributed by atoms with Crippen LogP contribution in [-0.2, 0) is 4.79 Å². The standard InChI is InChI=1S/C19H13ClN6OS2/c1-25-15-4-2-3-5-17(15)29-18(25)14(10-21)16(27)11-28-19-22-23-24-26(19)13-8-6-12(20)7-9-13/h2-9H,11H2,1H3. The van der Waals surface area contributed by atoms with Gasteiger partial charge in [-0.25, -0.2) is 0 Å². The number of tetrazole rings is 1. The highest BCUT2D eigenvalue weighted by molar-refractivity contribution is 8.03. The SMILES string of the molecule is CN1C(=C(C#N)C(=O)CSc2nnnn2-c2ccc(Cl)cc2)Sc2ccccc21. The van der Waals surface area contributed by atoms with Crippen molar-refractivity contribution >= 4 is 46.6 Å². The lowest BCUT2D eigenvalue weighted by Gasteiger charge is -2.14.